The van der Waals surface area contributed by atoms with Crippen molar-refractivity contribution in [2.75, 3.05) is 11.5 Å². The molecular formula is C14H17ClN2S. The number of aromatic nitrogens is 2. The molecule has 1 aromatic carbocycles. The Hall–Kier alpha value is -0.670. The van der Waals surface area contributed by atoms with Gasteiger partial charge in [0.1, 0.15) is 5.82 Å². The van der Waals surface area contributed by atoms with Crippen molar-refractivity contribution in [2.45, 2.75) is 25.8 Å². The van der Waals surface area contributed by atoms with Crippen LogP contribution in [0.15, 0.2) is 18.2 Å². The first-order valence-corrected chi connectivity index (χ1v) is 8.06. The van der Waals surface area contributed by atoms with Crippen molar-refractivity contribution in [2.24, 2.45) is 5.92 Å². The molecule has 1 aliphatic heterocycles. The summed E-state index contributed by atoms with van der Waals surface area (Å²) in [6.45, 7) is 3.19. The molecule has 96 valence electrons. The number of benzene rings is 1. The Morgan fingerprint density at radius 3 is 3.11 bits per heavy atom. The molecular weight excluding hydrogens is 264 g/mol. The molecule has 1 saturated heterocycles. The highest BCUT2D eigenvalue weighted by Crippen LogP contribution is 2.27. The summed E-state index contributed by atoms with van der Waals surface area (Å²) in [4.78, 5) is 4.64. The number of aryl methyl sites for hydroxylation is 1. The summed E-state index contributed by atoms with van der Waals surface area (Å²) in [5.74, 6) is 4.84. The molecule has 1 fully saturated rings. The summed E-state index contributed by atoms with van der Waals surface area (Å²) >= 11 is 8.10. The van der Waals surface area contributed by atoms with Crippen molar-refractivity contribution in [1.82, 2.24) is 9.55 Å². The summed E-state index contributed by atoms with van der Waals surface area (Å²) < 4.78 is 2.33. The Balaban J connectivity index is 2.03. The van der Waals surface area contributed by atoms with Crippen molar-refractivity contribution in [3.8, 4) is 0 Å². The van der Waals surface area contributed by atoms with Gasteiger partial charge in [-0.1, -0.05) is 6.07 Å². The Bertz CT molecular complexity index is 558. The Morgan fingerprint density at radius 1 is 1.50 bits per heavy atom. The van der Waals surface area contributed by atoms with E-state index in [1.165, 1.54) is 29.0 Å². The van der Waals surface area contributed by atoms with Crippen molar-refractivity contribution < 1.29 is 0 Å². The topological polar surface area (TPSA) is 17.8 Å². The number of thioether (sulfide) groups is 1. The van der Waals surface area contributed by atoms with Gasteiger partial charge in [-0.05, 0) is 48.5 Å². The van der Waals surface area contributed by atoms with Crippen LogP contribution < -0.4 is 0 Å². The van der Waals surface area contributed by atoms with Crippen LogP contribution in [0.3, 0.4) is 0 Å². The second-order valence-electron chi connectivity index (χ2n) is 4.99. The molecule has 0 spiro atoms. The molecule has 2 heterocycles. The molecule has 1 aliphatic rings. The van der Waals surface area contributed by atoms with Crippen LogP contribution in [-0.4, -0.2) is 21.1 Å². The molecule has 0 radical (unpaired) electrons. The molecule has 3 rings (SSSR count). The van der Waals surface area contributed by atoms with Gasteiger partial charge in [-0.15, -0.1) is 11.6 Å². The van der Waals surface area contributed by atoms with Crippen LogP contribution in [0.4, 0.5) is 0 Å². The minimum absolute atomic E-state index is 0.494. The van der Waals surface area contributed by atoms with E-state index in [1.54, 1.807) is 0 Å². The molecule has 4 heteroatoms. The molecule has 2 nitrogen and oxygen atoms in total. The summed E-state index contributed by atoms with van der Waals surface area (Å²) in [6, 6.07) is 6.43. The largest absolute Gasteiger partial charge is 0.327 e. The van der Waals surface area contributed by atoms with E-state index in [0.29, 0.717) is 5.88 Å². The number of rotatable bonds is 3. The van der Waals surface area contributed by atoms with Gasteiger partial charge < -0.3 is 4.57 Å². The van der Waals surface area contributed by atoms with Crippen molar-refractivity contribution >= 4 is 34.4 Å². The SMILES string of the molecule is Cc1ccc2nc(CCl)n(CC3CCSC3)c2c1. The average molecular weight is 281 g/mol. The third kappa shape index (κ3) is 2.26. The quantitative estimate of drug-likeness (QED) is 0.795. The lowest BCUT2D eigenvalue weighted by Crippen LogP contribution is -2.12. The van der Waals surface area contributed by atoms with Gasteiger partial charge in [0.2, 0.25) is 0 Å². The molecule has 0 amide bonds. The van der Waals surface area contributed by atoms with Gasteiger partial charge in [0.25, 0.3) is 0 Å². The van der Waals surface area contributed by atoms with Gasteiger partial charge in [0.05, 0.1) is 16.9 Å². The van der Waals surface area contributed by atoms with E-state index < -0.39 is 0 Å². The maximum absolute atomic E-state index is 6.04. The van der Waals surface area contributed by atoms with Gasteiger partial charge in [-0.2, -0.15) is 11.8 Å². The minimum atomic E-state index is 0.494. The van der Waals surface area contributed by atoms with Gasteiger partial charge in [-0.25, -0.2) is 4.98 Å². The van der Waals surface area contributed by atoms with Crippen molar-refractivity contribution in [3.05, 3.63) is 29.6 Å². The highest BCUT2D eigenvalue weighted by molar-refractivity contribution is 7.99. The van der Waals surface area contributed by atoms with E-state index in [4.69, 9.17) is 11.6 Å². The summed E-state index contributed by atoms with van der Waals surface area (Å²) in [7, 11) is 0. The Labute approximate surface area is 117 Å². The molecule has 1 atom stereocenters. The number of hydrogen-bond acceptors (Lipinski definition) is 2. The molecule has 0 bridgehead atoms. The van der Waals surface area contributed by atoms with E-state index in [9.17, 15) is 0 Å². The lowest BCUT2D eigenvalue weighted by molar-refractivity contribution is 0.493. The summed E-state index contributed by atoms with van der Waals surface area (Å²) in [6.07, 6.45) is 1.32. The van der Waals surface area contributed by atoms with E-state index >= 15 is 0 Å². The molecule has 1 aromatic heterocycles. The molecule has 0 aliphatic carbocycles. The standard InChI is InChI=1S/C14H17ClN2S/c1-10-2-3-12-13(6-10)17(14(7-15)16-12)8-11-4-5-18-9-11/h2-3,6,11H,4-5,7-9H2,1H3. The highest BCUT2D eigenvalue weighted by atomic mass is 35.5. The molecule has 1 unspecified atom stereocenters. The van der Waals surface area contributed by atoms with Crippen LogP contribution in [0.1, 0.15) is 17.8 Å². The molecule has 0 saturated carbocycles. The van der Waals surface area contributed by atoms with Crippen LogP contribution in [0, 0.1) is 12.8 Å². The Kier molecular flexibility index (Phi) is 3.53. The van der Waals surface area contributed by atoms with Crippen LogP contribution in [0.5, 0.6) is 0 Å². The van der Waals surface area contributed by atoms with E-state index in [-0.39, 0.29) is 0 Å². The van der Waals surface area contributed by atoms with Crippen LogP contribution in [-0.2, 0) is 12.4 Å². The fourth-order valence-corrected chi connectivity index (χ4v) is 4.05. The number of halogens is 1. The number of fused-ring (bicyclic) bond motifs is 1. The van der Waals surface area contributed by atoms with Gasteiger partial charge in [0.15, 0.2) is 0 Å². The van der Waals surface area contributed by atoms with Crippen LogP contribution in [0.2, 0.25) is 0 Å². The lowest BCUT2D eigenvalue weighted by atomic mass is 10.1. The van der Waals surface area contributed by atoms with Crippen LogP contribution >= 0.6 is 23.4 Å². The lowest BCUT2D eigenvalue weighted by Gasteiger charge is -2.12. The normalized spacial score (nSPS) is 19.8. The zero-order valence-corrected chi connectivity index (χ0v) is 12.1. The van der Waals surface area contributed by atoms with E-state index in [1.807, 2.05) is 0 Å². The average Bonchev–Trinajstić information content (AvgIpc) is 2.98. The van der Waals surface area contributed by atoms with Gasteiger partial charge in [-0.3, -0.25) is 0 Å². The maximum atomic E-state index is 6.04. The second-order valence-corrected chi connectivity index (χ2v) is 6.41. The predicted molar refractivity (Wildman–Crippen MR) is 79.5 cm³/mol. The summed E-state index contributed by atoms with van der Waals surface area (Å²) in [5.41, 5.74) is 3.59. The number of nitrogens with zero attached hydrogens (tertiary/aromatic N) is 2. The van der Waals surface area contributed by atoms with Crippen LogP contribution in [0.25, 0.3) is 11.0 Å². The first-order valence-electron chi connectivity index (χ1n) is 6.37. The van der Waals surface area contributed by atoms with Gasteiger partial charge in [0, 0.05) is 6.54 Å². The van der Waals surface area contributed by atoms with Crippen molar-refractivity contribution in [1.29, 1.82) is 0 Å². The molecule has 0 N–H and O–H groups in total. The number of hydrogen-bond donors (Lipinski definition) is 0. The first-order chi connectivity index (χ1) is 8.78. The summed E-state index contributed by atoms with van der Waals surface area (Å²) in [5, 5.41) is 0. The molecule has 2 aromatic rings. The third-order valence-corrected chi connectivity index (χ3v) is 5.04. The fraction of sp³-hybridized carbons (Fsp3) is 0.500. The van der Waals surface area contributed by atoms with Crippen molar-refractivity contribution in [3.63, 3.8) is 0 Å². The molecule has 18 heavy (non-hydrogen) atoms. The smallest absolute Gasteiger partial charge is 0.124 e. The zero-order chi connectivity index (χ0) is 12.5. The first kappa shape index (κ1) is 12.4. The van der Waals surface area contributed by atoms with Gasteiger partial charge >= 0.3 is 0 Å². The van der Waals surface area contributed by atoms with E-state index in [0.717, 1.165) is 23.8 Å². The second kappa shape index (κ2) is 5.14. The Morgan fingerprint density at radius 2 is 2.39 bits per heavy atom. The maximum Gasteiger partial charge on any atom is 0.124 e. The number of imidazole rings is 1. The third-order valence-electron chi connectivity index (χ3n) is 3.57. The minimum Gasteiger partial charge on any atom is -0.327 e. The van der Waals surface area contributed by atoms with E-state index in [2.05, 4.69) is 46.4 Å². The fourth-order valence-electron chi connectivity index (χ4n) is 2.57. The zero-order valence-electron chi connectivity index (χ0n) is 10.5. The number of alkyl halides is 1. The monoisotopic (exact) mass is 280 g/mol. The predicted octanol–water partition coefficient (Wildman–Crippen LogP) is 3.84. The highest BCUT2D eigenvalue weighted by Gasteiger charge is 2.19.